The molecule has 1 heterocycles. The first-order valence-corrected chi connectivity index (χ1v) is 8.84. The third kappa shape index (κ3) is 3.33. The van der Waals surface area contributed by atoms with Crippen LogP contribution in [0.15, 0.2) is 24.3 Å². The highest BCUT2D eigenvalue weighted by Crippen LogP contribution is 2.31. The Balaban J connectivity index is 1.73. The van der Waals surface area contributed by atoms with E-state index in [-0.39, 0.29) is 0 Å². The Morgan fingerprint density at radius 3 is 2.48 bits per heavy atom. The van der Waals surface area contributed by atoms with E-state index in [1.165, 1.54) is 7.11 Å². The monoisotopic (exact) mass is 370 g/mol. The van der Waals surface area contributed by atoms with E-state index in [0.29, 0.717) is 24.2 Å². The molecular weight excluding hydrogens is 348 g/mol. The van der Waals surface area contributed by atoms with Crippen LogP contribution in [0, 0.1) is 11.3 Å². The molecule has 2 N–H and O–H groups in total. The lowest BCUT2D eigenvalue weighted by Gasteiger charge is -2.24. The number of methoxy groups -OCH3 is 1. The third-order valence-electron chi connectivity index (χ3n) is 5.29. The zero-order chi connectivity index (χ0) is 19.7. The number of nitriles is 1. The number of hydrogen-bond acceptors (Lipinski definition) is 5. The van der Waals surface area contributed by atoms with Gasteiger partial charge in [0.05, 0.1) is 13.2 Å². The molecule has 2 fully saturated rings. The fourth-order valence-corrected chi connectivity index (χ4v) is 3.65. The van der Waals surface area contributed by atoms with Crippen molar-refractivity contribution in [3.05, 3.63) is 29.8 Å². The molecule has 1 aliphatic carbocycles. The molecule has 1 atom stereocenters. The maximum atomic E-state index is 12.9. The molecule has 1 aromatic carbocycles. The van der Waals surface area contributed by atoms with E-state index in [2.05, 4.69) is 16.7 Å². The second kappa shape index (κ2) is 6.91. The largest absolute Gasteiger partial charge is 0.497 e. The van der Waals surface area contributed by atoms with Gasteiger partial charge in [0.2, 0.25) is 5.91 Å². The molecule has 0 radical (unpaired) electrons. The van der Waals surface area contributed by atoms with Crippen molar-refractivity contribution in [3.8, 4) is 11.8 Å². The quantitative estimate of drug-likeness (QED) is 0.761. The number of rotatable bonds is 5. The SMILES string of the molecule is COc1ccc([C@@]2(C)NC(=O)N(CC(=O)NC3(C#N)CCCC3)C2=O)cc1. The van der Waals surface area contributed by atoms with Crippen LogP contribution >= 0.6 is 0 Å². The van der Waals surface area contributed by atoms with Crippen molar-refractivity contribution in [3.63, 3.8) is 0 Å². The van der Waals surface area contributed by atoms with Crippen molar-refractivity contribution in [2.75, 3.05) is 13.7 Å². The van der Waals surface area contributed by atoms with E-state index in [9.17, 15) is 19.6 Å². The summed E-state index contributed by atoms with van der Waals surface area (Å²) in [6, 6.07) is 8.32. The van der Waals surface area contributed by atoms with E-state index in [1.54, 1.807) is 31.2 Å². The standard InChI is InChI=1S/C19H22N4O4/c1-18(13-5-7-14(27-2)8-6-13)16(25)23(17(26)22-18)11-15(24)21-19(12-20)9-3-4-10-19/h5-8H,3-4,9-11H2,1-2H3,(H,21,24)(H,22,26)/t18-/m1/s1. The summed E-state index contributed by atoms with van der Waals surface area (Å²) in [7, 11) is 1.54. The molecule has 0 aromatic heterocycles. The van der Waals surface area contributed by atoms with Crippen molar-refractivity contribution in [1.82, 2.24) is 15.5 Å². The van der Waals surface area contributed by atoms with Crippen LogP contribution in [-0.2, 0) is 15.1 Å². The number of urea groups is 1. The van der Waals surface area contributed by atoms with Crippen molar-refractivity contribution in [2.24, 2.45) is 0 Å². The summed E-state index contributed by atoms with van der Waals surface area (Å²) >= 11 is 0. The minimum absolute atomic E-state index is 0.417. The smallest absolute Gasteiger partial charge is 0.325 e. The lowest BCUT2D eigenvalue weighted by atomic mass is 9.92. The molecule has 142 valence electrons. The summed E-state index contributed by atoms with van der Waals surface area (Å²) < 4.78 is 5.11. The van der Waals surface area contributed by atoms with Gasteiger partial charge >= 0.3 is 6.03 Å². The molecule has 1 saturated heterocycles. The van der Waals surface area contributed by atoms with Gasteiger partial charge in [0, 0.05) is 0 Å². The zero-order valence-corrected chi connectivity index (χ0v) is 15.4. The van der Waals surface area contributed by atoms with Crippen LogP contribution in [0.1, 0.15) is 38.2 Å². The van der Waals surface area contributed by atoms with Crippen LogP contribution in [0.3, 0.4) is 0 Å². The predicted octanol–water partition coefficient (Wildman–Crippen LogP) is 1.41. The van der Waals surface area contributed by atoms with Crippen molar-refractivity contribution >= 4 is 17.8 Å². The topological polar surface area (TPSA) is 112 Å². The van der Waals surface area contributed by atoms with Gasteiger partial charge in [-0.05, 0) is 50.3 Å². The molecular formula is C19H22N4O4. The fourth-order valence-electron chi connectivity index (χ4n) is 3.65. The first-order valence-electron chi connectivity index (χ1n) is 8.84. The van der Waals surface area contributed by atoms with Gasteiger partial charge in [-0.25, -0.2) is 4.79 Å². The van der Waals surface area contributed by atoms with Gasteiger partial charge in [-0.15, -0.1) is 0 Å². The number of nitrogens with one attached hydrogen (secondary N) is 2. The lowest BCUT2D eigenvalue weighted by molar-refractivity contribution is -0.135. The Kier molecular flexibility index (Phi) is 4.79. The summed E-state index contributed by atoms with van der Waals surface area (Å²) in [6.45, 7) is 1.18. The number of carbonyl (C=O) groups is 3. The Morgan fingerprint density at radius 1 is 1.30 bits per heavy atom. The summed E-state index contributed by atoms with van der Waals surface area (Å²) in [4.78, 5) is 38.5. The molecule has 8 nitrogen and oxygen atoms in total. The highest BCUT2D eigenvalue weighted by atomic mass is 16.5. The number of ether oxygens (including phenoxy) is 1. The van der Waals surface area contributed by atoms with Gasteiger partial charge in [-0.2, -0.15) is 5.26 Å². The van der Waals surface area contributed by atoms with Gasteiger partial charge in [-0.1, -0.05) is 12.1 Å². The third-order valence-corrected chi connectivity index (χ3v) is 5.29. The van der Waals surface area contributed by atoms with Crippen molar-refractivity contribution in [2.45, 2.75) is 43.7 Å². The van der Waals surface area contributed by atoms with Gasteiger partial charge in [-0.3, -0.25) is 14.5 Å². The first-order chi connectivity index (χ1) is 12.8. The molecule has 1 saturated carbocycles. The van der Waals surface area contributed by atoms with Crippen LogP contribution in [-0.4, -0.2) is 41.9 Å². The van der Waals surface area contributed by atoms with E-state index in [4.69, 9.17) is 4.74 Å². The molecule has 2 aliphatic rings. The lowest BCUT2D eigenvalue weighted by Crippen LogP contribution is -2.50. The minimum atomic E-state index is -1.26. The van der Waals surface area contributed by atoms with Gasteiger partial charge in [0.15, 0.2) is 0 Å². The molecule has 0 spiro atoms. The second-order valence-corrected chi connectivity index (χ2v) is 7.12. The van der Waals surface area contributed by atoms with Crippen LogP contribution in [0.5, 0.6) is 5.75 Å². The van der Waals surface area contributed by atoms with E-state index < -0.39 is 35.5 Å². The highest BCUT2D eigenvalue weighted by Gasteiger charge is 2.50. The number of hydrogen-bond donors (Lipinski definition) is 2. The summed E-state index contributed by atoms with van der Waals surface area (Å²) in [5, 5.41) is 14.7. The van der Waals surface area contributed by atoms with Crippen LogP contribution in [0.25, 0.3) is 0 Å². The molecule has 1 aliphatic heterocycles. The molecule has 0 unspecified atom stereocenters. The molecule has 0 bridgehead atoms. The second-order valence-electron chi connectivity index (χ2n) is 7.12. The highest BCUT2D eigenvalue weighted by molar-refractivity contribution is 6.09. The molecule has 27 heavy (non-hydrogen) atoms. The van der Waals surface area contributed by atoms with Crippen LogP contribution in [0.4, 0.5) is 4.79 Å². The van der Waals surface area contributed by atoms with E-state index >= 15 is 0 Å². The fraction of sp³-hybridized carbons (Fsp3) is 0.474. The summed E-state index contributed by atoms with van der Waals surface area (Å²) in [5.74, 6) is -0.389. The normalized spacial score (nSPS) is 23.7. The maximum Gasteiger partial charge on any atom is 0.325 e. The number of carbonyl (C=O) groups excluding carboxylic acids is 3. The van der Waals surface area contributed by atoms with Crippen molar-refractivity contribution < 1.29 is 19.1 Å². The Hall–Kier alpha value is -3.08. The molecule has 3 rings (SSSR count). The number of amides is 4. The molecule has 8 heteroatoms. The molecule has 1 aromatic rings. The average Bonchev–Trinajstić information content (AvgIpc) is 3.21. The maximum absolute atomic E-state index is 12.9. The number of nitrogens with zero attached hydrogens (tertiary/aromatic N) is 2. The Morgan fingerprint density at radius 2 is 1.93 bits per heavy atom. The van der Waals surface area contributed by atoms with E-state index in [0.717, 1.165) is 17.7 Å². The average molecular weight is 370 g/mol. The minimum Gasteiger partial charge on any atom is -0.497 e. The summed E-state index contributed by atoms with van der Waals surface area (Å²) in [5.41, 5.74) is -1.56. The number of imide groups is 1. The summed E-state index contributed by atoms with van der Waals surface area (Å²) in [6.07, 6.45) is 2.90. The van der Waals surface area contributed by atoms with Crippen LogP contribution in [0.2, 0.25) is 0 Å². The van der Waals surface area contributed by atoms with Gasteiger partial charge < -0.3 is 15.4 Å². The van der Waals surface area contributed by atoms with Gasteiger partial charge in [0.25, 0.3) is 5.91 Å². The van der Waals surface area contributed by atoms with E-state index in [1.807, 2.05) is 0 Å². The first kappa shape index (κ1) is 18.7. The van der Waals surface area contributed by atoms with Crippen molar-refractivity contribution in [1.29, 1.82) is 5.26 Å². The van der Waals surface area contributed by atoms with Crippen LogP contribution < -0.4 is 15.4 Å². The molecule has 4 amide bonds. The predicted molar refractivity (Wildman–Crippen MR) is 95.5 cm³/mol. The zero-order valence-electron chi connectivity index (χ0n) is 15.4. The Bertz CT molecular complexity index is 808. The number of benzene rings is 1. The van der Waals surface area contributed by atoms with Gasteiger partial charge in [0.1, 0.15) is 23.4 Å². The Labute approximate surface area is 157 Å².